The van der Waals surface area contributed by atoms with E-state index in [1.54, 1.807) is 0 Å². The summed E-state index contributed by atoms with van der Waals surface area (Å²) in [4.78, 5) is 3.22. The normalized spacial score (nSPS) is 18.3. The average molecular weight is 272 g/mol. The van der Waals surface area contributed by atoms with Crippen LogP contribution in [0.15, 0.2) is 30.5 Å². The Bertz CT molecular complexity index is 624. The molecule has 1 unspecified atom stereocenters. The van der Waals surface area contributed by atoms with E-state index in [-0.39, 0.29) is 0 Å². The van der Waals surface area contributed by atoms with Gasteiger partial charge >= 0.3 is 0 Å². The van der Waals surface area contributed by atoms with E-state index in [1.165, 1.54) is 29.7 Å². The molecule has 0 spiro atoms. The zero-order chi connectivity index (χ0) is 13.2. The number of hydrogen-bond donors (Lipinski definition) is 1. The molecule has 3 heteroatoms. The Balaban J connectivity index is 1.93. The van der Waals surface area contributed by atoms with Crippen molar-refractivity contribution < 1.29 is 0 Å². The molecule has 1 aliphatic carbocycles. The van der Waals surface area contributed by atoms with Crippen molar-refractivity contribution in [3.05, 3.63) is 52.1 Å². The number of imidazole rings is 1. The van der Waals surface area contributed by atoms with E-state index in [2.05, 4.69) is 46.9 Å². The quantitative estimate of drug-likeness (QED) is 0.829. The van der Waals surface area contributed by atoms with Crippen LogP contribution in [0.25, 0.3) is 0 Å². The molecule has 0 fully saturated rings. The molecule has 0 bridgehead atoms. The Hall–Kier alpha value is -1.35. The molecule has 0 saturated heterocycles. The molecule has 1 heterocycles. The van der Waals surface area contributed by atoms with Gasteiger partial charge in [0, 0.05) is 17.9 Å². The number of rotatable bonds is 3. The molecule has 2 nitrogen and oxygen atoms in total. The summed E-state index contributed by atoms with van der Waals surface area (Å²) in [5, 5.41) is 0. The highest BCUT2D eigenvalue weighted by atomic mass is 32.1. The zero-order valence-corrected chi connectivity index (χ0v) is 12.2. The van der Waals surface area contributed by atoms with Gasteiger partial charge in [0.1, 0.15) is 0 Å². The van der Waals surface area contributed by atoms with Crippen molar-refractivity contribution in [1.82, 2.24) is 9.55 Å². The molecule has 100 valence electrons. The Morgan fingerprint density at radius 3 is 2.89 bits per heavy atom. The fraction of sp³-hybridized carbons (Fsp3) is 0.438. The first-order valence-electron chi connectivity index (χ1n) is 7.15. The molecular formula is C16H20N2S. The number of fused-ring (bicyclic) bond motifs is 1. The molecule has 1 aliphatic rings. The lowest BCUT2D eigenvalue weighted by atomic mass is 9.88. The minimum absolute atomic E-state index is 0.523. The summed E-state index contributed by atoms with van der Waals surface area (Å²) >= 11 is 5.47. The van der Waals surface area contributed by atoms with E-state index in [4.69, 9.17) is 12.2 Å². The maximum absolute atomic E-state index is 5.47. The highest BCUT2D eigenvalue weighted by Crippen LogP contribution is 2.30. The number of aromatic nitrogens is 2. The summed E-state index contributed by atoms with van der Waals surface area (Å²) in [5.74, 6) is 0. The number of aromatic amines is 1. The van der Waals surface area contributed by atoms with Crippen molar-refractivity contribution in [2.24, 2.45) is 0 Å². The van der Waals surface area contributed by atoms with Gasteiger partial charge < -0.3 is 9.55 Å². The number of H-pyrrole nitrogens is 1. The summed E-state index contributed by atoms with van der Waals surface area (Å²) in [6.45, 7) is 2.22. The third kappa shape index (κ3) is 2.39. The van der Waals surface area contributed by atoms with Crippen molar-refractivity contribution in [2.45, 2.75) is 45.1 Å². The monoisotopic (exact) mass is 272 g/mol. The lowest BCUT2D eigenvalue weighted by Gasteiger charge is -2.27. The van der Waals surface area contributed by atoms with E-state index in [0.717, 1.165) is 24.0 Å². The van der Waals surface area contributed by atoms with Crippen molar-refractivity contribution in [3.63, 3.8) is 0 Å². The first-order chi connectivity index (χ1) is 9.29. The summed E-state index contributed by atoms with van der Waals surface area (Å²) in [7, 11) is 0. The average Bonchev–Trinajstić information content (AvgIpc) is 2.80. The molecule has 2 aromatic rings. The van der Waals surface area contributed by atoms with Crippen LogP contribution in [0.5, 0.6) is 0 Å². The molecule has 3 rings (SSSR count). The number of nitrogens with zero attached hydrogens (tertiary/aromatic N) is 1. The number of aryl methyl sites for hydroxylation is 2. The molecule has 1 aromatic heterocycles. The van der Waals surface area contributed by atoms with Gasteiger partial charge in [-0.3, -0.25) is 0 Å². The highest BCUT2D eigenvalue weighted by molar-refractivity contribution is 7.71. The largest absolute Gasteiger partial charge is 0.337 e. The molecule has 0 amide bonds. The molecule has 0 aliphatic heterocycles. The third-order valence-corrected chi connectivity index (χ3v) is 4.40. The van der Waals surface area contributed by atoms with Gasteiger partial charge in [0.2, 0.25) is 0 Å². The van der Waals surface area contributed by atoms with Crippen LogP contribution >= 0.6 is 12.2 Å². The molecular weight excluding hydrogens is 252 g/mol. The molecule has 1 aromatic carbocycles. The fourth-order valence-corrected chi connectivity index (χ4v) is 3.49. The molecule has 1 atom stereocenters. The number of nitrogens with one attached hydrogen (secondary N) is 1. The van der Waals surface area contributed by atoms with Crippen LogP contribution in [0.4, 0.5) is 0 Å². The third-order valence-electron chi connectivity index (χ3n) is 4.08. The van der Waals surface area contributed by atoms with E-state index >= 15 is 0 Å². The van der Waals surface area contributed by atoms with Crippen LogP contribution in [-0.2, 0) is 19.3 Å². The molecule has 0 radical (unpaired) electrons. The van der Waals surface area contributed by atoms with Gasteiger partial charge in [0.05, 0.1) is 0 Å². The lowest BCUT2D eigenvalue weighted by Crippen LogP contribution is -2.20. The van der Waals surface area contributed by atoms with Gasteiger partial charge in [0.25, 0.3) is 0 Å². The first kappa shape index (κ1) is 12.7. The number of hydrogen-bond acceptors (Lipinski definition) is 1. The minimum Gasteiger partial charge on any atom is -0.337 e. The summed E-state index contributed by atoms with van der Waals surface area (Å²) in [5.41, 5.74) is 4.36. The second-order valence-corrected chi connectivity index (χ2v) is 5.76. The maximum Gasteiger partial charge on any atom is 0.177 e. The number of benzene rings is 1. The summed E-state index contributed by atoms with van der Waals surface area (Å²) < 4.78 is 3.24. The van der Waals surface area contributed by atoms with Gasteiger partial charge in [-0.25, -0.2) is 0 Å². The topological polar surface area (TPSA) is 20.7 Å². The predicted octanol–water partition coefficient (Wildman–Crippen LogP) is 4.23. The van der Waals surface area contributed by atoms with Crippen molar-refractivity contribution in [1.29, 1.82) is 0 Å². The Kier molecular flexibility index (Phi) is 3.56. The second-order valence-electron chi connectivity index (χ2n) is 5.37. The fourth-order valence-electron chi connectivity index (χ4n) is 3.16. The van der Waals surface area contributed by atoms with E-state index in [9.17, 15) is 0 Å². The van der Waals surface area contributed by atoms with Crippen LogP contribution < -0.4 is 0 Å². The van der Waals surface area contributed by atoms with Crippen molar-refractivity contribution in [2.75, 3.05) is 0 Å². The van der Waals surface area contributed by atoms with Gasteiger partial charge in [-0.15, -0.1) is 0 Å². The van der Waals surface area contributed by atoms with E-state index in [1.807, 2.05) is 0 Å². The Morgan fingerprint density at radius 2 is 2.11 bits per heavy atom. The predicted molar refractivity (Wildman–Crippen MR) is 81.1 cm³/mol. The van der Waals surface area contributed by atoms with Crippen molar-refractivity contribution in [3.8, 4) is 0 Å². The van der Waals surface area contributed by atoms with Gasteiger partial charge in [-0.05, 0) is 49.0 Å². The maximum atomic E-state index is 5.47. The summed E-state index contributed by atoms with van der Waals surface area (Å²) in [6.07, 6.45) is 7.83. The first-order valence-corrected chi connectivity index (χ1v) is 7.56. The van der Waals surface area contributed by atoms with Crippen LogP contribution in [0.3, 0.4) is 0 Å². The van der Waals surface area contributed by atoms with Gasteiger partial charge in [0.15, 0.2) is 4.77 Å². The van der Waals surface area contributed by atoms with Crippen LogP contribution in [0.1, 0.15) is 42.6 Å². The smallest absolute Gasteiger partial charge is 0.177 e. The Morgan fingerprint density at radius 1 is 1.32 bits per heavy atom. The molecule has 0 saturated carbocycles. The standard InChI is InChI=1S/C16H20N2S/c1-2-5-15-11-17-16(19)18(15)14-9-8-12-6-3-4-7-13(12)10-14/h3-4,6-7,11,14H,2,5,8-10H2,1H3,(H,17,19). The minimum atomic E-state index is 0.523. The molecule has 1 N–H and O–H groups in total. The van der Waals surface area contributed by atoms with E-state index < -0.39 is 0 Å². The van der Waals surface area contributed by atoms with Crippen molar-refractivity contribution >= 4 is 12.2 Å². The SMILES string of the molecule is CCCc1c[nH]c(=S)n1C1CCc2ccccc2C1. The summed E-state index contributed by atoms with van der Waals surface area (Å²) in [6, 6.07) is 9.33. The van der Waals surface area contributed by atoms with Crippen LogP contribution in [0, 0.1) is 4.77 Å². The van der Waals surface area contributed by atoms with Crippen LogP contribution in [-0.4, -0.2) is 9.55 Å². The van der Waals surface area contributed by atoms with Crippen LogP contribution in [0.2, 0.25) is 0 Å². The lowest BCUT2D eigenvalue weighted by molar-refractivity contribution is 0.426. The Labute approximate surface area is 119 Å². The highest BCUT2D eigenvalue weighted by Gasteiger charge is 2.21. The van der Waals surface area contributed by atoms with Gasteiger partial charge in [-0.2, -0.15) is 0 Å². The van der Waals surface area contributed by atoms with Gasteiger partial charge in [-0.1, -0.05) is 37.6 Å². The van der Waals surface area contributed by atoms with E-state index in [0.29, 0.717) is 6.04 Å². The zero-order valence-electron chi connectivity index (χ0n) is 11.4. The second kappa shape index (κ2) is 5.33. The molecule has 19 heavy (non-hydrogen) atoms.